The Morgan fingerprint density at radius 1 is 0.864 bits per heavy atom. The van der Waals surface area contributed by atoms with Gasteiger partial charge in [-0.1, -0.05) is 70.5 Å². The van der Waals surface area contributed by atoms with Crippen molar-refractivity contribution in [2.75, 3.05) is 0 Å². The van der Waals surface area contributed by atoms with Gasteiger partial charge in [0.05, 0.1) is 13.1 Å². The first-order valence-corrected chi connectivity index (χ1v) is 16.1. The zero-order valence-corrected chi connectivity index (χ0v) is 27.9. The monoisotopic (exact) mass is 645 g/mol. The van der Waals surface area contributed by atoms with E-state index in [9.17, 15) is 8.78 Å². The van der Waals surface area contributed by atoms with Crippen LogP contribution in [0.4, 0.5) is 8.78 Å². The van der Waals surface area contributed by atoms with E-state index in [1.54, 1.807) is 0 Å². The molecule has 6 N–H and O–H groups in total. The number of alkyl halides is 2. The minimum Gasteiger partial charge on any atom is -0.383 e. The molecule has 4 aromatic rings. The normalized spacial score (nSPS) is 12.1. The second-order valence-electron chi connectivity index (χ2n) is 11.8. The van der Waals surface area contributed by atoms with Crippen molar-refractivity contribution in [3.8, 4) is 0 Å². The Morgan fingerprint density at radius 3 is 1.93 bits per heavy atom. The Labute approximate surface area is 270 Å². The van der Waals surface area contributed by atoms with E-state index in [0.717, 1.165) is 69.2 Å². The molecule has 2 heterocycles. The van der Waals surface area contributed by atoms with Gasteiger partial charge in [0.2, 0.25) is 6.43 Å². The van der Waals surface area contributed by atoms with Crippen LogP contribution in [0.25, 0.3) is 21.8 Å². The maximum Gasteiger partial charge on any atom is 0.240 e. The number of hydrogen-bond donors (Lipinski definition) is 5. The molecule has 9 heteroatoms. The van der Waals surface area contributed by atoms with Crippen LogP contribution in [0.15, 0.2) is 61.0 Å². The molecule has 0 spiro atoms. The van der Waals surface area contributed by atoms with Crippen LogP contribution in [-0.2, 0) is 25.9 Å². The average Bonchev–Trinajstić information content (AvgIpc) is 3.55. The van der Waals surface area contributed by atoms with Crippen molar-refractivity contribution in [2.45, 2.75) is 91.8 Å². The van der Waals surface area contributed by atoms with E-state index in [0.29, 0.717) is 18.2 Å². The molecule has 5 nitrogen and oxygen atoms in total. The van der Waals surface area contributed by atoms with Crippen molar-refractivity contribution in [1.82, 2.24) is 20.6 Å². The molecule has 0 saturated heterocycles. The standard InChI is InChI=1S/C18H24ClF2N3.C17H23ClN2/c1-10(2)4-12-7-17-13(6-15(12)19)5-14(24-17)9-23-11(3)16(22)8-18(20)21;1-4-6-7-12(3)19-11-15-8-14-9-16(18)13(5-2)10-17(14)20-15/h5-7,10,16,18,23-24H,3-4,8-9,22H2,1-2H3;8-10,19-20H,3-7,11H2,1-2H3. The van der Waals surface area contributed by atoms with Gasteiger partial charge in [0.15, 0.2) is 0 Å². The fraction of sp³-hybridized carbons (Fsp3) is 0.429. The zero-order valence-electron chi connectivity index (χ0n) is 26.4. The zero-order chi connectivity index (χ0) is 32.4. The number of nitrogens with one attached hydrogen (secondary N) is 4. The molecule has 1 unspecified atom stereocenters. The molecule has 0 amide bonds. The minimum atomic E-state index is -2.44. The minimum absolute atomic E-state index is 0.396. The highest BCUT2D eigenvalue weighted by Crippen LogP contribution is 2.27. The predicted octanol–water partition coefficient (Wildman–Crippen LogP) is 9.78. The molecular weight excluding hydrogens is 599 g/mol. The fourth-order valence-electron chi connectivity index (χ4n) is 4.95. The molecule has 0 fully saturated rings. The largest absolute Gasteiger partial charge is 0.383 e. The number of unbranched alkanes of at least 4 members (excludes halogenated alkanes) is 1. The molecular formula is C35H47Cl2F2N5. The van der Waals surface area contributed by atoms with Gasteiger partial charge in [-0.25, -0.2) is 8.78 Å². The Morgan fingerprint density at radius 2 is 1.41 bits per heavy atom. The third-order valence-corrected chi connectivity index (χ3v) is 8.15. The lowest BCUT2D eigenvalue weighted by molar-refractivity contribution is 0.131. The molecule has 0 aliphatic rings. The van der Waals surface area contributed by atoms with E-state index in [4.69, 9.17) is 28.9 Å². The number of allylic oxidation sites excluding steroid dienone is 1. The first-order valence-electron chi connectivity index (χ1n) is 15.4. The highest BCUT2D eigenvalue weighted by atomic mass is 35.5. The van der Waals surface area contributed by atoms with Gasteiger partial charge in [0, 0.05) is 67.1 Å². The predicted molar refractivity (Wildman–Crippen MR) is 185 cm³/mol. The number of halogens is 4. The van der Waals surface area contributed by atoms with Crippen molar-refractivity contribution < 1.29 is 8.78 Å². The first-order chi connectivity index (χ1) is 20.9. The number of fused-ring (bicyclic) bond motifs is 2. The quantitative estimate of drug-likeness (QED) is 0.0892. The molecule has 0 bridgehead atoms. The lowest BCUT2D eigenvalue weighted by Gasteiger charge is -2.15. The third-order valence-electron chi connectivity index (χ3n) is 7.44. The van der Waals surface area contributed by atoms with Crippen LogP contribution in [0.3, 0.4) is 0 Å². The van der Waals surface area contributed by atoms with Crippen LogP contribution in [0.5, 0.6) is 0 Å². The Hall–Kier alpha value is -3.00. The van der Waals surface area contributed by atoms with Crippen LogP contribution in [0, 0.1) is 5.92 Å². The van der Waals surface area contributed by atoms with Crippen LogP contribution in [0.1, 0.15) is 75.9 Å². The van der Waals surface area contributed by atoms with Crippen LogP contribution < -0.4 is 16.4 Å². The molecule has 240 valence electrons. The van der Waals surface area contributed by atoms with Crippen molar-refractivity contribution in [2.24, 2.45) is 11.7 Å². The molecule has 2 aromatic carbocycles. The summed E-state index contributed by atoms with van der Waals surface area (Å²) in [6.45, 7) is 17.6. The number of aromatic nitrogens is 2. The van der Waals surface area contributed by atoms with Crippen LogP contribution >= 0.6 is 23.2 Å². The van der Waals surface area contributed by atoms with Crippen molar-refractivity contribution in [3.63, 3.8) is 0 Å². The van der Waals surface area contributed by atoms with E-state index in [-0.39, 0.29) is 0 Å². The van der Waals surface area contributed by atoms with Crippen LogP contribution in [-0.4, -0.2) is 22.4 Å². The van der Waals surface area contributed by atoms with Gasteiger partial charge in [0.25, 0.3) is 0 Å². The second kappa shape index (κ2) is 16.9. The lowest BCUT2D eigenvalue weighted by Crippen LogP contribution is -2.32. The van der Waals surface area contributed by atoms with E-state index in [1.807, 2.05) is 18.2 Å². The van der Waals surface area contributed by atoms with Gasteiger partial charge < -0.3 is 26.3 Å². The molecule has 0 saturated carbocycles. The fourth-order valence-corrected chi connectivity index (χ4v) is 5.50. The summed E-state index contributed by atoms with van der Waals surface area (Å²) in [6, 6.07) is 11.6. The first kappa shape index (κ1) is 35.5. The van der Waals surface area contributed by atoms with E-state index >= 15 is 0 Å². The van der Waals surface area contributed by atoms with Gasteiger partial charge in [-0.05, 0) is 79.1 Å². The molecule has 0 radical (unpaired) electrons. The molecule has 1 atom stereocenters. The second-order valence-corrected chi connectivity index (χ2v) is 12.6. The Bertz CT molecular complexity index is 1540. The number of H-pyrrole nitrogens is 2. The molecule has 2 aromatic heterocycles. The summed E-state index contributed by atoms with van der Waals surface area (Å²) in [5.41, 5.74) is 13.8. The van der Waals surface area contributed by atoms with E-state index in [1.165, 1.54) is 29.5 Å². The molecule has 0 aliphatic heterocycles. The summed E-state index contributed by atoms with van der Waals surface area (Å²) in [6.07, 6.45) is 2.47. The summed E-state index contributed by atoms with van der Waals surface area (Å²) in [5, 5.41) is 10.2. The maximum atomic E-state index is 12.3. The molecule has 4 rings (SSSR count). The van der Waals surface area contributed by atoms with Gasteiger partial charge in [0.1, 0.15) is 0 Å². The highest BCUT2D eigenvalue weighted by molar-refractivity contribution is 6.32. The van der Waals surface area contributed by atoms with E-state index in [2.05, 4.69) is 79.7 Å². The smallest absolute Gasteiger partial charge is 0.240 e. The Kier molecular flexibility index (Phi) is 13.6. The average molecular weight is 647 g/mol. The topological polar surface area (TPSA) is 81.7 Å². The summed E-state index contributed by atoms with van der Waals surface area (Å²) in [5.74, 6) is 0.524. The molecule has 44 heavy (non-hydrogen) atoms. The Balaban J connectivity index is 0.000000244. The van der Waals surface area contributed by atoms with Gasteiger partial charge >= 0.3 is 0 Å². The van der Waals surface area contributed by atoms with Crippen molar-refractivity contribution in [1.29, 1.82) is 0 Å². The van der Waals surface area contributed by atoms with Gasteiger partial charge in [-0.2, -0.15) is 0 Å². The number of hydrogen-bond acceptors (Lipinski definition) is 3. The number of nitrogens with two attached hydrogens (primary N) is 1. The maximum absolute atomic E-state index is 12.3. The van der Waals surface area contributed by atoms with E-state index < -0.39 is 18.9 Å². The summed E-state index contributed by atoms with van der Waals surface area (Å²) in [7, 11) is 0. The number of aryl methyl sites for hydroxylation is 1. The SMILES string of the molecule is C=C(CCCC)NCc1cc2cc(Cl)c(CC)cc2[nH]1.C=C(NCc1cc2cc(Cl)c(CC(C)C)cc2[nH]1)C(N)CC(F)F. The van der Waals surface area contributed by atoms with Crippen molar-refractivity contribution in [3.05, 3.63) is 93.5 Å². The lowest BCUT2D eigenvalue weighted by atomic mass is 10.0. The number of rotatable bonds is 15. The summed E-state index contributed by atoms with van der Waals surface area (Å²) >= 11 is 12.6. The summed E-state index contributed by atoms with van der Waals surface area (Å²) in [4.78, 5) is 6.77. The number of benzene rings is 2. The summed E-state index contributed by atoms with van der Waals surface area (Å²) < 4.78 is 24.7. The highest BCUT2D eigenvalue weighted by Gasteiger charge is 2.14. The van der Waals surface area contributed by atoms with Gasteiger partial charge in [-0.15, -0.1) is 0 Å². The van der Waals surface area contributed by atoms with Crippen molar-refractivity contribution >= 4 is 45.0 Å². The van der Waals surface area contributed by atoms with Gasteiger partial charge in [-0.3, -0.25) is 0 Å². The third kappa shape index (κ3) is 10.6. The van der Waals surface area contributed by atoms with Crippen LogP contribution in [0.2, 0.25) is 10.0 Å². The number of aromatic amines is 2. The molecule has 0 aliphatic carbocycles.